The Labute approximate surface area is 197 Å². The maximum atomic E-state index is 14.3. The number of amides is 1. The Balaban J connectivity index is 1.28. The number of likely N-dealkylation sites (tertiary alicyclic amines) is 1. The van der Waals surface area contributed by atoms with E-state index in [1.165, 1.54) is 11.8 Å². The smallest absolute Gasteiger partial charge is 0.303 e. The van der Waals surface area contributed by atoms with E-state index in [-0.39, 0.29) is 6.04 Å². The van der Waals surface area contributed by atoms with Crippen molar-refractivity contribution in [2.24, 2.45) is 0 Å². The minimum absolute atomic E-state index is 0.224. The van der Waals surface area contributed by atoms with Crippen molar-refractivity contribution in [3.8, 4) is 0 Å². The number of anilines is 1. The molecule has 0 spiro atoms. The number of hydrogen-bond donors (Lipinski definition) is 2. The second kappa shape index (κ2) is 11.6. The number of pyridine rings is 1. The Morgan fingerprint density at radius 1 is 1.30 bits per heavy atom. The van der Waals surface area contributed by atoms with Crippen molar-refractivity contribution in [3.63, 3.8) is 0 Å². The minimum atomic E-state index is -1.00. The fourth-order valence-corrected chi connectivity index (χ4v) is 4.18. The molecule has 2 aliphatic heterocycles. The number of halogens is 2. The van der Waals surface area contributed by atoms with Gasteiger partial charge in [-0.05, 0) is 42.5 Å². The third-order valence-corrected chi connectivity index (χ3v) is 5.94. The van der Waals surface area contributed by atoms with Gasteiger partial charge in [0.05, 0.1) is 5.02 Å². The van der Waals surface area contributed by atoms with E-state index in [9.17, 15) is 9.18 Å². The first-order valence-corrected chi connectivity index (χ1v) is 11.6. The fraction of sp³-hybridized carbons (Fsp3) is 0.417. The monoisotopic (exact) mass is 474 g/mol. The topological polar surface area (TPSA) is 75.7 Å². The van der Waals surface area contributed by atoms with Gasteiger partial charge in [0.15, 0.2) is 12.1 Å². The molecular formula is C24H28ClFN4O3. The Morgan fingerprint density at radius 3 is 2.91 bits per heavy atom. The second-order valence-corrected chi connectivity index (χ2v) is 8.69. The number of ether oxygens (including phenoxy) is 1. The summed E-state index contributed by atoms with van der Waals surface area (Å²) in [4.78, 5) is 23.7. The molecule has 1 aromatic heterocycles. The van der Waals surface area contributed by atoms with Crippen molar-refractivity contribution >= 4 is 29.4 Å². The second-order valence-electron chi connectivity index (χ2n) is 8.29. The first kappa shape index (κ1) is 23.6. The van der Waals surface area contributed by atoms with Gasteiger partial charge in [0.2, 0.25) is 0 Å². The minimum Gasteiger partial charge on any atom is -0.365 e. The van der Waals surface area contributed by atoms with E-state index < -0.39 is 18.0 Å². The molecule has 2 atom stereocenters. The highest BCUT2D eigenvalue weighted by Gasteiger charge is 2.23. The highest BCUT2D eigenvalue weighted by molar-refractivity contribution is 6.33. The normalized spacial score (nSPS) is 21.7. The molecule has 2 saturated heterocycles. The fourth-order valence-electron chi connectivity index (χ4n) is 3.95. The molecular weight excluding hydrogens is 447 g/mol. The summed E-state index contributed by atoms with van der Waals surface area (Å²) in [5.74, 6) is -1.44. The highest BCUT2D eigenvalue weighted by Crippen LogP contribution is 2.25. The molecule has 0 aliphatic carbocycles. The van der Waals surface area contributed by atoms with E-state index in [4.69, 9.17) is 21.2 Å². The van der Waals surface area contributed by atoms with Crippen molar-refractivity contribution in [1.29, 1.82) is 0 Å². The van der Waals surface area contributed by atoms with E-state index in [0.29, 0.717) is 29.4 Å². The molecule has 2 N–H and O–H groups in total. The summed E-state index contributed by atoms with van der Waals surface area (Å²) in [6.45, 7) is 3.34. The van der Waals surface area contributed by atoms with Gasteiger partial charge in [-0.25, -0.2) is 19.7 Å². The van der Waals surface area contributed by atoms with Crippen molar-refractivity contribution < 1.29 is 18.8 Å². The molecule has 1 amide bonds. The largest absolute Gasteiger partial charge is 0.365 e. The van der Waals surface area contributed by atoms with Crippen LogP contribution in [0.25, 0.3) is 6.08 Å². The third kappa shape index (κ3) is 6.98. The van der Waals surface area contributed by atoms with Gasteiger partial charge in [-0.2, -0.15) is 0 Å². The summed E-state index contributed by atoms with van der Waals surface area (Å²) in [6, 6.07) is 12.2. The van der Waals surface area contributed by atoms with Crippen LogP contribution in [0.15, 0.2) is 48.4 Å². The predicted molar refractivity (Wildman–Crippen MR) is 125 cm³/mol. The van der Waals surface area contributed by atoms with Crippen LogP contribution in [-0.2, 0) is 20.9 Å². The molecule has 0 radical (unpaired) electrons. The van der Waals surface area contributed by atoms with Gasteiger partial charge in [-0.15, -0.1) is 0 Å². The maximum Gasteiger partial charge on any atom is 0.303 e. The van der Waals surface area contributed by atoms with Crippen molar-refractivity contribution in [2.75, 3.05) is 25.0 Å². The number of hydrogen-bond acceptors (Lipinski definition) is 6. The van der Waals surface area contributed by atoms with E-state index >= 15 is 0 Å². The molecule has 2 fully saturated rings. The quantitative estimate of drug-likeness (QED) is 0.438. The third-order valence-electron chi connectivity index (χ3n) is 5.66. The van der Waals surface area contributed by atoms with E-state index in [0.717, 1.165) is 45.0 Å². The Kier molecular flexibility index (Phi) is 8.28. The number of carbonyl (C=O) groups excluding carboxylic acids is 1. The van der Waals surface area contributed by atoms with Crippen LogP contribution in [0.3, 0.4) is 0 Å². The molecule has 1 unspecified atom stereocenters. The van der Waals surface area contributed by atoms with Gasteiger partial charge in [0.1, 0.15) is 5.82 Å². The van der Waals surface area contributed by atoms with Gasteiger partial charge >= 0.3 is 5.91 Å². The molecule has 4 rings (SSSR count). The molecule has 176 valence electrons. The van der Waals surface area contributed by atoms with Crippen LogP contribution in [0.2, 0.25) is 5.02 Å². The standard InChI is InChI=1S/C24H28ClFN4O3/c25-20-12-18(13-21(26)24(31)29-33-22-8-4-5-11-32-22)14-27-23(20)28-19-9-10-30(16-19)15-17-6-2-1-3-7-17/h1-3,6-7,12-14,19,22H,4-5,8-11,15-16H2,(H,27,28)(H,29,31)/b21-13+/t19-,22?/m1/s1. The number of nitrogens with one attached hydrogen (secondary N) is 2. The number of hydroxylamine groups is 1. The average molecular weight is 475 g/mol. The molecule has 3 heterocycles. The van der Waals surface area contributed by atoms with E-state index in [1.807, 2.05) is 18.2 Å². The van der Waals surface area contributed by atoms with Crippen LogP contribution in [-0.4, -0.2) is 47.8 Å². The first-order chi connectivity index (χ1) is 16.1. The van der Waals surface area contributed by atoms with E-state index in [2.05, 4.69) is 32.8 Å². The molecule has 0 bridgehead atoms. The summed E-state index contributed by atoms with van der Waals surface area (Å²) in [7, 11) is 0. The number of aromatic nitrogens is 1. The van der Waals surface area contributed by atoms with Crippen LogP contribution >= 0.6 is 11.6 Å². The first-order valence-electron chi connectivity index (χ1n) is 11.2. The van der Waals surface area contributed by atoms with Crippen LogP contribution in [0.4, 0.5) is 10.2 Å². The average Bonchev–Trinajstić information content (AvgIpc) is 3.27. The molecule has 1 aromatic carbocycles. The molecule has 33 heavy (non-hydrogen) atoms. The zero-order valence-electron chi connectivity index (χ0n) is 18.3. The zero-order chi connectivity index (χ0) is 23.0. The number of nitrogens with zero attached hydrogens (tertiary/aromatic N) is 2. The number of rotatable bonds is 8. The van der Waals surface area contributed by atoms with E-state index in [1.54, 1.807) is 6.07 Å². The van der Waals surface area contributed by atoms with Gasteiger partial charge in [-0.1, -0.05) is 41.9 Å². The Morgan fingerprint density at radius 2 is 2.15 bits per heavy atom. The van der Waals surface area contributed by atoms with Crippen LogP contribution in [0.5, 0.6) is 0 Å². The molecule has 9 heteroatoms. The summed E-state index contributed by atoms with van der Waals surface area (Å²) in [6.07, 6.45) is 5.53. The molecule has 7 nitrogen and oxygen atoms in total. The van der Waals surface area contributed by atoms with Crippen molar-refractivity contribution in [2.45, 2.75) is 44.6 Å². The summed E-state index contributed by atoms with van der Waals surface area (Å²) >= 11 is 6.37. The SMILES string of the molecule is O=C(NOC1CCCCO1)/C(F)=C\c1cnc(N[C@@H]2CCN(Cc3ccccc3)C2)c(Cl)c1. The lowest BCUT2D eigenvalue weighted by Gasteiger charge is -2.21. The molecule has 2 aromatic rings. The Bertz CT molecular complexity index is 969. The van der Waals surface area contributed by atoms with Gasteiger partial charge in [0.25, 0.3) is 0 Å². The van der Waals surface area contributed by atoms with Crippen molar-refractivity contribution in [1.82, 2.24) is 15.4 Å². The lowest BCUT2D eigenvalue weighted by molar-refractivity contribution is -0.199. The lowest BCUT2D eigenvalue weighted by Crippen LogP contribution is -2.33. The van der Waals surface area contributed by atoms with Crippen LogP contribution < -0.4 is 10.8 Å². The predicted octanol–water partition coefficient (Wildman–Crippen LogP) is 4.31. The summed E-state index contributed by atoms with van der Waals surface area (Å²) in [5, 5.41) is 3.74. The lowest BCUT2D eigenvalue weighted by atomic mass is 10.2. The molecule has 2 aliphatic rings. The summed E-state index contributed by atoms with van der Waals surface area (Å²) < 4.78 is 19.6. The van der Waals surface area contributed by atoms with Crippen molar-refractivity contribution in [3.05, 3.63) is 64.6 Å². The van der Waals surface area contributed by atoms with Gasteiger partial charge in [-0.3, -0.25) is 9.69 Å². The van der Waals surface area contributed by atoms with Crippen LogP contribution in [0, 0.1) is 0 Å². The maximum absolute atomic E-state index is 14.3. The summed E-state index contributed by atoms with van der Waals surface area (Å²) in [5.41, 5.74) is 3.75. The molecule has 0 saturated carbocycles. The zero-order valence-corrected chi connectivity index (χ0v) is 19.1. The Hall–Kier alpha value is -2.52. The van der Waals surface area contributed by atoms with Crippen LogP contribution in [0.1, 0.15) is 36.8 Å². The van der Waals surface area contributed by atoms with Gasteiger partial charge in [0, 0.05) is 44.9 Å². The van der Waals surface area contributed by atoms with Gasteiger partial charge < -0.3 is 10.1 Å². The number of benzene rings is 1. The highest BCUT2D eigenvalue weighted by atomic mass is 35.5. The number of carbonyl (C=O) groups is 1.